The standard InChI is InChI=1S/C19H19ClO3/c1-13-2-3-14(10-18(13)20)11-19(21)15-4-6-16(7-5-15)23-17-8-9-22-12-17/h2-7,10,17H,8-9,11-12H2,1H3. The maximum atomic E-state index is 12.4. The Morgan fingerprint density at radius 2 is 2.04 bits per heavy atom. The number of carbonyl (C=O) groups excluding carboxylic acids is 1. The lowest BCUT2D eigenvalue weighted by molar-refractivity contribution is 0.0993. The van der Waals surface area contributed by atoms with Crippen LogP contribution >= 0.6 is 11.6 Å². The Labute approximate surface area is 141 Å². The third-order valence-electron chi connectivity index (χ3n) is 3.97. The summed E-state index contributed by atoms with van der Waals surface area (Å²) in [6.45, 7) is 3.33. The van der Waals surface area contributed by atoms with Crippen LogP contribution in [-0.2, 0) is 11.2 Å². The normalized spacial score (nSPS) is 17.2. The number of aryl methyl sites for hydroxylation is 1. The molecule has 1 fully saturated rings. The van der Waals surface area contributed by atoms with Gasteiger partial charge in [0.05, 0.1) is 13.2 Å². The minimum absolute atomic E-state index is 0.0701. The monoisotopic (exact) mass is 330 g/mol. The van der Waals surface area contributed by atoms with Gasteiger partial charge in [-0.25, -0.2) is 0 Å². The third-order valence-corrected chi connectivity index (χ3v) is 4.38. The highest BCUT2D eigenvalue weighted by Gasteiger charge is 2.17. The van der Waals surface area contributed by atoms with Crippen molar-refractivity contribution in [2.75, 3.05) is 13.2 Å². The van der Waals surface area contributed by atoms with Gasteiger partial charge < -0.3 is 9.47 Å². The molecule has 2 aromatic rings. The van der Waals surface area contributed by atoms with Crippen LogP contribution in [0, 0.1) is 6.92 Å². The molecule has 3 nitrogen and oxygen atoms in total. The van der Waals surface area contributed by atoms with Gasteiger partial charge in [-0.2, -0.15) is 0 Å². The first-order valence-corrected chi connectivity index (χ1v) is 8.12. The second kappa shape index (κ2) is 7.16. The molecule has 0 saturated carbocycles. The Kier molecular flexibility index (Phi) is 4.99. The van der Waals surface area contributed by atoms with Crippen molar-refractivity contribution >= 4 is 17.4 Å². The van der Waals surface area contributed by atoms with Crippen LogP contribution in [0.1, 0.15) is 27.9 Å². The molecule has 2 aromatic carbocycles. The Morgan fingerprint density at radius 3 is 2.70 bits per heavy atom. The predicted octanol–water partition coefficient (Wildman–Crippen LogP) is 4.24. The van der Waals surface area contributed by atoms with Crippen molar-refractivity contribution in [1.82, 2.24) is 0 Å². The Hall–Kier alpha value is -1.84. The Bertz CT molecular complexity index is 688. The number of hydrogen-bond acceptors (Lipinski definition) is 3. The van der Waals surface area contributed by atoms with Crippen molar-refractivity contribution in [2.24, 2.45) is 0 Å². The molecule has 1 saturated heterocycles. The lowest BCUT2D eigenvalue weighted by Crippen LogP contribution is -2.15. The summed E-state index contributed by atoms with van der Waals surface area (Å²) in [4.78, 5) is 12.4. The zero-order chi connectivity index (χ0) is 16.2. The molecule has 3 rings (SSSR count). The lowest BCUT2D eigenvalue weighted by atomic mass is 10.0. The second-order valence-corrected chi connectivity index (χ2v) is 6.22. The largest absolute Gasteiger partial charge is 0.488 e. The molecule has 0 bridgehead atoms. The van der Waals surface area contributed by atoms with E-state index in [0.29, 0.717) is 23.6 Å². The van der Waals surface area contributed by atoms with E-state index in [9.17, 15) is 4.79 Å². The number of Topliss-reactive ketones (excluding diaryl/α,β-unsaturated/α-hetero) is 1. The smallest absolute Gasteiger partial charge is 0.167 e. The summed E-state index contributed by atoms with van der Waals surface area (Å²) >= 11 is 6.11. The first kappa shape index (κ1) is 16.0. The fraction of sp³-hybridized carbons (Fsp3) is 0.316. The van der Waals surface area contributed by atoms with E-state index in [0.717, 1.165) is 29.9 Å². The molecule has 1 aliphatic heterocycles. The van der Waals surface area contributed by atoms with E-state index in [1.54, 1.807) is 0 Å². The quantitative estimate of drug-likeness (QED) is 0.769. The average Bonchev–Trinajstić information content (AvgIpc) is 3.04. The van der Waals surface area contributed by atoms with Crippen molar-refractivity contribution in [2.45, 2.75) is 25.9 Å². The summed E-state index contributed by atoms with van der Waals surface area (Å²) in [6.07, 6.45) is 1.37. The van der Waals surface area contributed by atoms with Crippen molar-refractivity contribution in [3.63, 3.8) is 0 Å². The highest BCUT2D eigenvalue weighted by molar-refractivity contribution is 6.31. The summed E-state index contributed by atoms with van der Waals surface area (Å²) in [5.74, 6) is 0.844. The maximum Gasteiger partial charge on any atom is 0.167 e. The Morgan fingerprint density at radius 1 is 1.26 bits per heavy atom. The molecular formula is C19H19ClO3. The van der Waals surface area contributed by atoms with Crippen LogP contribution in [0.15, 0.2) is 42.5 Å². The van der Waals surface area contributed by atoms with Crippen LogP contribution in [0.4, 0.5) is 0 Å². The molecule has 1 heterocycles. The highest BCUT2D eigenvalue weighted by Crippen LogP contribution is 2.20. The summed E-state index contributed by atoms with van der Waals surface area (Å²) in [5, 5.41) is 0.692. The minimum atomic E-state index is 0.0701. The van der Waals surface area contributed by atoms with Crippen molar-refractivity contribution in [1.29, 1.82) is 0 Å². The number of ether oxygens (including phenoxy) is 2. The van der Waals surface area contributed by atoms with Gasteiger partial charge in [0.15, 0.2) is 5.78 Å². The molecule has 120 valence electrons. The van der Waals surface area contributed by atoms with Crippen LogP contribution in [-0.4, -0.2) is 25.1 Å². The van der Waals surface area contributed by atoms with Gasteiger partial charge in [0.25, 0.3) is 0 Å². The molecule has 0 N–H and O–H groups in total. The molecule has 0 aliphatic carbocycles. The van der Waals surface area contributed by atoms with Crippen LogP contribution < -0.4 is 4.74 Å². The van der Waals surface area contributed by atoms with E-state index >= 15 is 0 Å². The predicted molar refractivity (Wildman–Crippen MR) is 90.5 cm³/mol. The number of rotatable bonds is 5. The molecule has 0 aromatic heterocycles. The molecule has 23 heavy (non-hydrogen) atoms. The second-order valence-electron chi connectivity index (χ2n) is 5.81. The zero-order valence-electron chi connectivity index (χ0n) is 13.0. The molecule has 0 spiro atoms. The first-order valence-electron chi connectivity index (χ1n) is 7.74. The number of carbonyl (C=O) groups is 1. The summed E-state index contributed by atoms with van der Waals surface area (Å²) in [7, 11) is 0. The fourth-order valence-corrected chi connectivity index (χ4v) is 2.75. The topological polar surface area (TPSA) is 35.5 Å². The molecule has 1 atom stereocenters. The van der Waals surface area contributed by atoms with Crippen molar-refractivity contribution in [3.05, 3.63) is 64.2 Å². The SMILES string of the molecule is Cc1ccc(CC(=O)c2ccc(OC3CCOC3)cc2)cc1Cl. The molecule has 0 amide bonds. The third kappa shape index (κ3) is 4.12. The van der Waals surface area contributed by atoms with Gasteiger partial charge in [-0.3, -0.25) is 4.79 Å². The van der Waals surface area contributed by atoms with Gasteiger partial charge in [0.2, 0.25) is 0 Å². The van der Waals surface area contributed by atoms with Crippen LogP contribution in [0.5, 0.6) is 5.75 Å². The maximum absolute atomic E-state index is 12.4. The first-order chi connectivity index (χ1) is 11.1. The molecular weight excluding hydrogens is 312 g/mol. The average molecular weight is 331 g/mol. The highest BCUT2D eigenvalue weighted by atomic mass is 35.5. The Balaban J connectivity index is 1.63. The molecule has 1 aliphatic rings. The van der Waals surface area contributed by atoms with Crippen LogP contribution in [0.25, 0.3) is 0 Å². The molecule has 4 heteroatoms. The van der Waals surface area contributed by atoms with E-state index in [4.69, 9.17) is 21.1 Å². The summed E-state index contributed by atoms with van der Waals surface area (Å²) < 4.78 is 11.1. The molecule has 0 radical (unpaired) electrons. The van der Waals surface area contributed by atoms with Crippen molar-refractivity contribution < 1.29 is 14.3 Å². The van der Waals surface area contributed by atoms with Gasteiger partial charge in [-0.05, 0) is 48.4 Å². The number of benzene rings is 2. The van der Waals surface area contributed by atoms with E-state index in [1.165, 1.54) is 0 Å². The van der Waals surface area contributed by atoms with Gasteiger partial charge in [-0.1, -0.05) is 23.7 Å². The number of hydrogen-bond donors (Lipinski definition) is 0. The zero-order valence-corrected chi connectivity index (χ0v) is 13.8. The van der Waals surface area contributed by atoms with Gasteiger partial charge in [0.1, 0.15) is 11.9 Å². The van der Waals surface area contributed by atoms with Gasteiger partial charge >= 0.3 is 0 Å². The van der Waals surface area contributed by atoms with E-state index in [-0.39, 0.29) is 11.9 Å². The molecule has 1 unspecified atom stereocenters. The number of ketones is 1. The van der Waals surface area contributed by atoms with Crippen molar-refractivity contribution in [3.8, 4) is 5.75 Å². The number of halogens is 1. The van der Waals surface area contributed by atoms with E-state index in [2.05, 4.69) is 0 Å². The lowest BCUT2D eigenvalue weighted by Gasteiger charge is -2.12. The van der Waals surface area contributed by atoms with Crippen LogP contribution in [0.3, 0.4) is 0 Å². The summed E-state index contributed by atoms with van der Waals surface area (Å²) in [6, 6.07) is 13.0. The minimum Gasteiger partial charge on any atom is -0.488 e. The van der Waals surface area contributed by atoms with E-state index < -0.39 is 0 Å². The summed E-state index contributed by atoms with van der Waals surface area (Å²) in [5.41, 5.74) is 2.62. The van der Waals surface area contributed by atoms with Crippen LogP contribution in [0.2, 0.25) is 5.02 Å². The fourth-order valence-electron chi connectivity index (χ4n) is 2.55. The van der Waals surface area contributed by atoms with Gasteiger partial charge in [-0.15, -0.1) is 0 Å². The van der Waals surface area contributed by atoms with E-state index in [1.807, 2.05) is 49.4 Å². The van der Waals surface area contributed by atoms with Gasteiger partial charge in [0, 0.05) is 23.4 Å².